The predicted molar refractivity (Wildman–Crippen MR) is 86.2 cm³/mol. The highest BCUT2D eigenvalue weighted by Gasteiger charge is 2.59. The third-order valence-electron chi connectivity index (χ3n) is 5.24. The maximum absolute atomic E-state index is 13.0. The Morgan fingerprint density at radius 2 is 2.04 bits per heavy atom. The predicted octanol–water partition coefficient (Wildman–Crippen LogP) is 1.55. The molecule has 5 rings (SSSR count). The maximum atomic E-state index is 13.0. The number of carbonyl (C=O) groups is 1. The third kappa shape index (κ3) is 1.83. The summed E-state index contributed by atoms with van der Waals surface area (Å²) in [6, 6.07) is 0. The van der Waals surface area contributed by atoms with Gasteiger partial charge in [-0.15, -0.1) is 0 Å². The van der Waals surface area contributed by atoms with Gasteiger partial charge >= 0.3 is 0 Å². The fourth-order valence-corrected chi connectivity index (χ4v) is 4.41. The Morgan fingerprint density at radius 1 is 1.39 bits per heavy atom. The number of nitrogens with zero attached hydrogens (tertiary/aromatic N) is 3. The summed E-state index contributed by atoms with van der Waals surface area (Å²) in [5.41, 5.74) is 0.853. The molecule has 120 valence electrons. The summed E-state index contributed by atoms with van der Waals surface area (Å²) in [5.74, 6) is 0.443. The average Bonchev–Trinajstić information content (AvgIpc) is 2.38. The Bertz CT molecular complexity index is 946. The van der Waals surface area contributed by atoms with Crippen LogP contribution in [0.15, 0.2) is 16.1 Å². The maximum Gasteiger partial charge on any atom is 0.263 e. The van der Waals surface area contributed by atoms with Crippen LogP contribution in [0.25, 0.3) is 11.0 Å². The molecule has 0 aliphatic heterocycles. The molecule has 0 amide bonds. The molecule has 2 aromatic rings. The number of pyridine rings is 1. The standard InChI is InChI=1S/C16H17N3O3S/c1-8-11-7-17-15(23(3)22)18-13(11)19(14(21)12(8)9(2)20)16-4-10(5-16)6-16/h7,10H,4-6H2,1-3H3. The van der Waals surface area contributed by atoms with Crippen LogP contribution in [0.3, 0.4) is 0 Å². The molecule has 1 unspecified atom stereocenters. The number of aromatic nitrogens is 3. The molecule has 0 N–H and O–H groups in total. The van der Waals surface area contributed by atoms with Crippen molar-refractivity contribution in [2.75, 3.05) is 6.26 Å². The van der Waals surface area contributed by atoms with Crippen molar-refractivity contribution in [2.24, 2.45) is 5.92 Å². The number of ketones is 1. The second-order valence-electron chi connectivity index (χ2n) is 6.74. The van der Waals surface area contributed by atoms with Gasteiger partial charge in [-0.2, -0.15) is 0 Å². The van der Waals surface area contributed by atoms with Gasteiger partial charge in [0.2, 0.25) is 5.16 Å². The molecule has 3 aliphatic rings. The van der Waals surface area contributed by atoms with E-state index in [0.29, 0.717) is 22.5 Å². The number of Topliss-reactive ketones (excluding diaryl/α,β-unsaturated/α-hetero) is 1. The zero-order valence-corrected chi connectivity index (χ0v) is 14.1. The highest BCUT2D eigenvalue weighted by Crippen LogP contribution is 2.62. The first kappa shape index (κ1) is 14.7. The van der Waals surface area contributed by atoms with Crippen LogP contribution < -0.4 is 5.56 Å². The molecular formula is C16H17N3O3S. The van der Waals surface area contributed by atoms with Crippen molar-refractivity contribution in [3.8, 4) is 0 Å². The summed E-state index contributed by atoms with van der Waals surface area (Å²) in [6.07, 6.45) is 5.97. The summed E-state index contributed by atoms with van der Waals surface area (Å²) >= 11 is 0. The average molecular weight is 331 g/mol. The first-order valence-electron chi connectivity index (χ1n) is 7.61. The lowest BCUT2D eigenvalue weighted by Gasteiger charge is -2.62. The van der Waals surface area contributed by atoms with Gasteiger partial charge in [0.05, 0.1) is 21.9 Å². The molecule has 3 fully saturated rings. The molecule has 2 heterocycles. The quantitative estimate of drug-likeness (QED) is 0.629. The van der Waals surface area contributed by atoms with Gasteiger partial charge in [-0.25, -0.2) is 9.97 Å². The Labute approximate surface area is 135 Å². The van der Waals surface area contributed by atoms with Gasteiger partial charge in [-0.05, 0) is 44.6 Å². The number of carbonyl (C=O) groups excluding carboxylic acids is 1. The van der Waals surface area contributed by atoms with Crippen LogP contribution in [0, 0.1) is 12.8 Å². The molecule has 0 saturated heterocycles. The minimum atomic E-state index is -1.32. The lowest BCUT2D eigenvalue weighted by atomic mass is 9.49. The molecule has 23 heavy (non-hydrogen) atoms. The van der Waals surface area contributed by atoms with E-state index in [4.69, 9.17) is 0 Å². The topological polar surface area (TPSA) is 81.9 Å². The number of rotatable bonds is 3. The van der Waals surface area contributed by atoms with E-state index in [1.807, 2.05) is 0 Å². The molecule has 0 aromatic carbocycles. The highest BCUT2D eigenvalue weighted by atomic mass is 32.2. The molecule has 6 nitrogen and oxygen atoms in total. The Balaban J connectivity index is 2.14. The molecule has 3 saturated carbocycles. The second kappa shape index (κ2) is 4.56. The van der Waals surface area contributed by atoms with E-state index in [1.54, 1.807) is 17.7 Å². The van der Waals surface area contributed by atoms with Gasteiger partial charge in [0.25, 0.3) is 5.56 Å². The van der Waals surface area contributed by atoms with Crippen LogP contribution in [0.5, 0.6) is 0 Å². The first-order valence-corrected chi connectivity index (χ1v) is 9.17. The molecule has 0 radical (unpaired) electrons. The smallest absolute Gasteiger partial charge is 0.263 e. The fraction of sp³-hybridized carbons (Fsp3) is 0.500. The summed E-state index contributed by atoms with van der Waals surface area (Å²) in [6.45, 7) is 3.16. The van der Waals surface area contributed by atoms with Gasteiger partial charge in [-0.3, -0.25) is 18.4 Å². The van der Waals surface area contributed by atoms with Crippen LogP contribution >= 0.6 is 0 Å². The lowest BCUT2D eigenvalue weighted by Crippen LogP contribution is -2.62. The zero-order chi connectivity index (χ0) is 16.5. The lowest BCUT2D eigenvalue weighted by molar-refractivity contribution is -0.0885. The molecular weight excluding hydrogens is 314 g/mol. The van der Waals surface area contributed by atoms with Crippen molar-refractivity contribution in [1.82, 2.24) is 14.5 Å². The summed E-state index contributed by atoms with van der Waals surface area (Å²) in [4.78, 5) is 33.5. The number of hydrogen-bond acceptors (Lipinski definition) is 5. The Kier molecular flexibility index (Phi) is 2.91. The van der Waals surface area contributed by atoms with Gasteiger partial charge in [-0.1, -0.05) is 0 Å². The van der Waals surface area contributed by atoms with E-state index in [9.17, 15) is 13.8 Å². The van der Waals surface area contributed by atoms with Crippen molar-refractivity contribution in [2.45, 2.75) is 43.8 Å². The van der Waals surface area contributed by atoms with Crippen molar-refractivity contribution in [1.29, 1.82) is 0 Å². The van der Waals surface area contributed by atoms with E-state index >= 15 is 0 Å². The van der Waals surface area contributed by atoms with Crippen molar-refractivity contribution in [3.63, 3.8) is 0 Å². The van der Waals surface area contributed by atoms with Gasteiger partial charge in [0.15, 0.2) is 5.78 Å². The molecule has 2 bridgehead atoms. The minimum absolute atomic E-state index is 0.210. The van der Waals surface area contributed by atoms with Crippen LogP contribution in [0.1, 0.15) is 42.1 Å². The second-order valence-corrected chi connectivity index (χ2v) is 8.02. The van der Waals surface area contributed by atoms with E-state index in [1.165, 1.54) is 13.2 Å². The summed E-state index contributed by atoms with van der Waals surface area (Å²) < 4.78 is 13.4. The Hall–Kier alpha value is -1.89. The number of aryl methyl sites for hydroxylation is 1. The SMILES string of the molecule is CC(=O)c1c(C)c2cnc(S(C)=O)nc2n(C23CC(C2)C3)c1=O. The van der Waals surface area contributed by atoms with Gasteiger partial charge in [0, 0.05) is 17.8 Å². The summed E-state index contributed by atoms with van der Waals surface area (Å²) in [5, 5.41) is 0.904. The molecule has 7 heteroatoms. The molecule has 0 spiro atoms. The van der Waals surface area contributed by atoms with E-state index < -0.39 is 10.8 Å². The van der Waals surface area contributed by atoms with E-state index in [-0.39, 0.29) is 27.6 Å². The first-order chi connectivity index (χ1) is 10.8. The molecule has 1 atom stereocenters. The van der Waals surface area contributed by atoms with E-state index in [0.717, 1.165) is 19.3 Å². The highest BCUT2D eigenvalue weighted by molar-refractivity contribution is 7.84. The fourth-order valence-electron chi connectivity index (χ4n) is 3.99. The minimum Gasteiger partial charge on any atom is -0.294 e. The normalized spacial score (nSPS) is 26.5. The van der Waals surface area contributed by atoms with Gasteiger partial charge in [0.1, 0.15) is 5.65 Å². The summed E-state index contributed by atoms with van der Waals surface area (Å²) in [7, 11) is -1.32. The van der Waals surface area contributed by atoms with Crippen LogP contribution in [-0.4, -0.2) is 30.8 Å². The van der Waals surface area contributed by atoms with Crippen LogP contribution in [0.4, 0.5) is 0 Å². The monoisotopic (exact) mass is 331 g/mol. The zero-order valence-electron chi connectivity index (χ0n) is 13.3. The molecule has 3 aliphatic carbocycles. The van der Waals surface area contributed by atoms with Crippen molar-refractivity contribution < 1.29 is 9.00 Å². The Morgan fingerprint density at radius 3 is 2.52 bits per heavy atom. The number of hydrogen-bond donors (Lipinski definition) is 0. The van der Waals surface area contributed by atoms with Gasteiger partial charge < -0.3 is 0 Å². The molecule has 2 aromatic heterocycles. The van der Waals surface area contributed by atoms with Crippen molar-refractivity contribution in [3.05, 3.63) is 27.7 Å². The largest absolute Gasteiger partial charge is 0.294 e. The van der Waals surface area contributed by atoms with Crippen molar-refractivity contribution >= 4 is 27.6 Å². The third-order valence-corrected chi connectivity index (χ3v) is 5.95. The van der Waals surface area contributed by atoms with Crippen LogP contribution in [-0.2, 0) is 16.3 Å². The van der Waals surface area contributed by atoms with E-state index in [2.05, 4.69) is 9.97 Å². The number of fused-ring (bicyclic) bond motifs is 1. The van der Waals surface area contributed by atoms with Crippen LogP contribution in [0.2, 0.25) is 0 Å².